The highest BCUT2D eigenvalue weighted by Gasteiger charge is 2.36. The van der Waals surface area contributed by atoms with E-state index in [9.17, 15) is 0 Å². The van der Waals surface area contributed by atoms with E-state index >= 15 is 0 Å². The van der Waals surface area contributed by atoms with E-state index in [4.69, 9.17) is 10.6 Å². The third-order valence-corrected chi connectivity index (χ3v) is 0.901. The number of hydrogen-bond donors (Lipinski definition) is 1. The monoisotopic (exact) mass is 115 g/mol. The molecule has 2 atom stereocenters. The Morgan fingerprint density at radius 1 is 1.88 bits per heavy atom. The molecular formula is C3H5N3O2. The van der Waals surface area contributed by atoms with E-state index in [-0.39, 0.29) is 12.7 Å². The van der Waals surface area contributed by atoms with Crippen molar-refractivity contribution < 1.29 is 9.84 Å². The van der Waals surface area contributed by atoms with Crippen LogP contribution in [0.15, 0.2) is 5.11 Å². The molecule has 0 spiro atoms. The van der Waals surface area contributed by atoms with E-state index < -0.39 is 6.23 Å². The predicted octanol–water partition coefficient (Wildman–Crippen LogP) is 0.0139. The molecule has 44 valence electrons. The van der Waals surface area contributed by atoms with Crippen LogP contribution in [0.2, 0.25) is 0 Å². The molecule has 0 amide bonds. The quantitative estimate of drug-likeness (QED) is 0.238. The minimum Gasteiger partial charge on any atom is -0.394 e. The third kappa shape index (κ3) is 0.894. The minimum absolute atomic E-state index is 0.0658. The summed E-state index contributed by atoms with van der Waals surface area (Å²) in [5, 5.41) is 11.5. The first kappa shape index (κ1) is 5.37. The summed E-state index contributed by atoms with van der Waals surface area (Å²) in [6.07, 6.45) is -0.657. The fourth-order valence-electron chi connectivity index (χ4n) is 0.419. The Labute approximate surface area is 45.5 Å². The molecule has 1 N–H and O–H groups in total. The first-order valence-electron chi connectivity index (χ1n) is 2.19. The number of azide groups is 1. The largest absolute Gasteiger partial charge is 0.394 e. The number of aliphatic hydroxyl groups excluding tert-OH is 1. The lowest BCUT2D eigenvalue weighted by atomic mass is 10.5. The van der Waals surface area contributed by atoms with Crippen LogP contribution in [-0.4, -0.2) is 24.0 Å². The number of epoxide rings is 1. The van der Waals surface area contributed by atoms with Gasteiger partial charge < -0.3 is 9.84 Å². The van der Waals surface area contributed by atoms with Crippen molar-refractivity contribution in [3.63, 3.8) is 0 Å². The Morgan fingerprint density at radius 2 is 2.62 bits per heavy atom. The van der Waals surface area contributed by atoms with Crippen molar-refractivity contribution >= 4 is 0 Å². The molecule has 1 aliphatic rings. The SMILES string of the molecule is [N-]=[N+]=NC1OC1CO. The van der Waals surface area contributed by atoms with E-state index in [1.807, 2.05) is 0 Å². The van der Waals surface area contributed by atoms with Crippen LogP contribution in [0.5, 0.6) is 0 Å². The van der Waals surface area contributed by atoms with Crippen molar-refractivity contribution in [2.45, 2.75) is 12.3 Å². The van der Waals surface area contributed by atoms with Gasteiger partial charge in [0.25, 0.3) is 0 Å². The lowest BCUT2D eigenvalue weighted by molar-refractivity contribution is 0.242. The van der Waals surface area contributed by atoms with Gasteiger partial charge in [-0.3, -0.25) is 0 Å². The Hall–Kier alpha value is -0.770. The topological polar surface area (TPSA) is 81.5 Å². The molecular weight excluding hydrogens is 110 g/mol. The zero-order chi connectivity index (χ0) is 5.98. The van der Waals surface area contributed by atoms with E-state index in [1.165, 1.54) is 0 Å². The van der Waals surface area contributed by atoms with Crippen LogP contribution in [0.3, 0.4) is 0 Å². The van der Waals surface area contributed by atoms with Gasteiger partial charge in [0, 0.05) is 4.91 Å². The molecule has 1 fully saturated rings. The lowest BCUT2D eigenvalue weighted by Gasteiger charge is -1.73. The highest BCUT2D eigenvalue weighted by atomic mass is 16.6. The molecule has 0 aliphatic carbocycles. The molecule has 8 heavy (non-hydrogen) atoms. The molecule has 0 saturated carbocycles. The van der Waals surface area contributed by atoms with Crippen molar-refractivity contribution in [1.82, 2.24) is 0 Å². The zero-order valence-corrected chi connectivity index (χ0v) is 4.06. The second-order valence-corrected chi connectivity index (χ2v) is 1.45. The van der Waals surface area contributed by atoms with Gasteiger partial charge in [-0.25, -0.2) is 0 Å². The molecule has 0 aromatic carbocycles. The number of nitrogens with zero attached hydrogens (tertiary/aromatic N) is 3. The molecule has 1 aliphatic heterocycles. The van der Waals surface area contributed by atoms with Gasteiger partial charge in [0.15, 0.2) is 6.23 Å². The van der Waals surface area contributed by atoms with E-state index in [1.54, 1.807) is 0 Å². The first-order chi connectivity index (χ1) is 3.88. The summed E-state index contributed by atoms with van der Waals surface area (Å²) in [7, 11) is 0. The molecule has 1 heterocycles. The average molecular weight is 115 g/mol. The Morgan fingerprint density at radius 3 is 3.00 bits per heavy atom. The average Bonchev–Trinajstić information content (AvgIpc) is 2.48. The van der Waals surface area contributed by atoms with E-state index in [0.717, 1.165) is 0 Å². The van der Waals surface area contributed by atoms with Gasteiger partial charge in [-0.15, -0.1) is 0 Å². The van der Waals surface area contributed by atoms with Gasteiger partial charge in [-0.1, -0.05) is 5.11 Å². The smallest absolute Gasteiger partial charge is 0.165 e. The highest BCUT2D eigenvalue weighted by Crippen LogP contribution is 2.21. The summed E-state index contributed by atoms with van der Waals surface area (Å²) in [5.74, 6) is 0. The molecule has 5 heteroatoms. The fourth-order valence-corrected chi connectivity index (χ4v) is 0.419. The summed E-state index contributed by atoms with van der Waals surface area (Å²) >= 11 is 0. The van der Waals surface area contributed by atoms with E-state index in [0.29, 0.717) is 0 Å². The summed E-state index contributed by atoms with van der Waals surface area (Å²) in [6, 6.07) is 0. The molecule has 1 saturated heterocycles. The maximum atomic E-state index is 8.29. The summed E-state index contributed by atoms with van der Waals surface area (Å²) in [4.78, 5) is 2.48. The van der Waals surface area contributed by atoms with Gasteiger partial charge in [0.05, 0.1) is 6.61 Å². The predicted molar refractivity (Wildman–Crippen MR) is 24.9 cm³/mol. The lowest BCUT2D eigenvalue weighted by Crippen LogP contribution is -1.94. The van der Waals surface area contributed by atoms with Crippen LogP contribution in [0.25, 0.3) is 10.4 Å². The van der Waals surface area contributed by atoms with Crippen LogP contribution in [-0.2, 0) is 4.74 Å². The summed E-state index contributed by atoms with van der Waals surface area (Å²) in [6.45, 7) is -0.0658. The van der Waals surface area contributed by atoms with Gasteiger partial charge in [-0.2, -0.15) is 0 Å². The number of aliphatic hydroxyl groups is 1. The van der Waals surface area contributed by atoms with Crippen molar-refractivity contribution in [1.29, 1.82) is 0 Å². The number of hydrogen-bond acceptors (Lipinski definition) is 3. The molecule has 0 aromatic rings. The third-order valence-electron chi connectivity index (χ3n) is 0.901. The van der Waals surface area contributed by atoms with Gasteiger partial charge in [0.2, 0.25) is 0 Å². The van der Waals surface area contributed by atoms with Crippen LogP contribution in [0, 0.1) is 0 Å². The van der Waals surface area contributed by atoms with Crippen molar-refractivity contribution in [3.8, 4) is 0 Å². The maximum Gasteiger partial charge on any atom is 0.165 e. The highest BCUT2D eigenvalue weighted by molar-refractivity contribution is 4.81. The first-order valence-corrected chi connectivity index (χ1v) is 2.19. The summed E-state index contributed by atoms with van der Waals surface area (Å²) < 4.78 is 4.64. The van der Waals surface area contributed by atoms with Gasteiger partial charge in [-0.05, 0) is 5.53 Å². The fraction of sp³-hybridized carbons (Fsp3) is 1.00. The molecule has 0 bridgehead atoms. The van der Waals surface area contributed by atoms with Crippen molar-refractivity contribution in [2.24, 2.45) is 5.11 Å². The Kier molecular flexibility index (Phi) is 1.34. The van der Waals surface area contributed by atoms with E-state index in [2.05, 4.69) is 14.8 Å². The second kappa shape index (κ2) is 2.00. The summed E-state index contributed by atoms with van der Waals surface area (Å²) in [5.41, 5.74) is 7.79. The molecule has 0 aromatic heterocycles. The molecule has 5 nitrogen and oxygen atoms in total. The van der Waals surface area contributed by atoms with Gasteiger partial charge >= 0.3 is 0 Å². The minimum atomic E-state index is -0.412. The van der Waals surface area contributed by atoms with Crippen molar-refractivity contribution in [3.05, 3.63) is 10.4 Å². The molecule has 1 rings (SSSR count). The number of rotatable bonds is 2. The van der Waals surface area contributed by atoms with Gasteiger partial charge in [0.1, 0.15) is 6.10 Å². The van der Waals surface area contributed by atoms with Crippen LogP contribution in [0.1, 0.15) is 0 Å². The molecule has 0 radical (unpaired) electrons. The molecule has 2 unspecified atom stereocenters. The number of ether oxygens (including phenoxy) is 1. The standard InChI is InChI=1S/C3H5N3O2/c4-6-5-3-2(1-7)8-3/h2-3,7H,1H2. The normalized spacial score (nSPS) is 33.6. The zero-order valence-electron chi connectivity index (χ0n) is 4.06. The maximum absolute atomic E-state index is 8.29. The van der Waals surface area contributed by atoms with Crippen LogP contribution in [0.4, 0.5) is 0 Å². The second-order valence-electron chi connectivity index (χ2n) is 1.45. The Balaban J connectivity index is 2.26. The Bertz CT molecular complexity index is 130. The van der Waals surface area contributed by atoms with Crippen LogP contribution < -0.4 is 0 Å². The van der Waals surface area contributed by atoms with Crippen molar-refractivity contribution in [2.75, 3.05) is 6.61 Å². The van der Waals surface area contributed by atoms with Crippen LogP contribution >= 0.6 is 0 Å².